The zero-order valence-electron chi connectivity index (χ0n) is 9.13. The third-order valence-corrected chi connectivity index (χ3v) is 7.08. The Hall–Kier alpha value is 0.430. The fourth-order valence-corrected chi connectivity index (χ4v) is 6.94. The van der Waals surface area contributed by atoms with Crippen molar-refractivity contribution in [3.8, 4) is 0 Å². The molecule has 1 unspecified atom stereocenters. The van der Waals surface area contributed by atoms with Crippen molar-refractivity contribution in [3.05, 3.63) is 0 Å². The predicted octanol–water partition coefficient (Wildman–Crippen LogP) is 4.09. The Morgan fingerprint density at radius 3 is 2.77 bits per heavy atom. The lowest BCUT2D eigenvalue weighted by Gasteiger charge is -2.24. The van der Waals surface area contributed by atoms with E-state index >= 15 is 0 Å². The molecule has 2 bridgehead atoms. The molecule has 0 spiro atoms. The van der Waals surface area contributed by atoms with Gasteiger partial charge in [-0.1, -0.05) is 20.3 Å². The molecule has 2 fully saturated rings. The third kappa shape index (κ3) is 2.27. The molecule has 2 saturated heterocycles. The molecular weight excluding hydrogens is 175 g/mol. The van der Waals surface area contributed by atoms with E-state index in [0.29, 0.717) is 7.92 Å². The maximum Gasteiger partial charge on any atom is -0.0178 e. The summed E-state index contributed by atoms with van der Waals surface area (Å²) in [6.45, 7) is 4.81. The van der Waals surface area contributed by atoms with E-state index in [1.54, 1.807) is 31.6 Å². The molecule has 0 saturated carbocycles. The summed E-state index contributed by atoms with van der Waals surface area (Å²) < 4.78 is 0. The van der Waals surface area contributed by atoms with E-state index in [9.17, 15) is 0 Å². The molecule has 0 nitrogen and oxygen atoms in total. The highest BCUT2D eigenvalue weighted by Crippen LogP contribution is 2.58. The Bertz CT molecular complexity index is 151. The van der Waals surface area contributed by atoms with Gasteiger partial charge in [-0.3, -0.25) is 0 Å². The van der Waals surface area contributed by atoms with Crippen LogP contribution in [0.1, 0.15) is 46.0 Å². The van der Waals surface area contributed by atoms with Crippen LogP contribution in [-0.4, -0.2) is 18.0 Å². The molecular formula is C12H23P. The van der Waals surface area contributed by atoms with Gasteiger partial charge in [-0.05, 0) is 55.5 Å². The lowest BCUT2D eigenvalue weighted by Crippen LogP contribution is -2.14. The van der Waals surface area contributed by atoms with E-state index in [1.807, 2.05) is 0 Å². The molecule has 0 aromatic carbocycles. The van der Waals surface area contributed by atoms with Crippen LogP contribution >= 0.6 is 7.92 Å². The van der Waals surface area contributed by atoms with Gasteiger partial charge in [-0.2, -0.15) is 0 Å². The lowest BCUT2D eigenvalue weighted by atomic mass is 9.91. The molecule has 0 aromatic heterocycles. The van der Waals surface area contributed by atoms with Gasteiger partial charge in [0, 0.05) is 0 Å². The van der Waals surface area contributed by atoms with E-state index < -0.39 is 0 Å². The number of fused-ring (bicyclic) bond motifs is 2. The summed E-state index contributed by atoms with van der Waals surface area (Å²) in [7, 11) is 0.482. The summed E-state index contributed by atoms with van der Waals surface area (Å²) in [5, 5.41) is 0. The first-order valence-corrected chi connectivity index (χ1v) is 7.79. The van der Waals surface area contributed by atoms with E-state index in [1.165, 1.54) is 18.5 Å². The van der Waals surface area contributed by atoms with Gasteiger partial charge in [-0.25, -0.2) is 0 Å². The van der Waals surface area contributed by atoms with Gasteiger partial charge < -0.3 is 0 Å². The Morgan fingerprint density at radius 2 is 2.00 bits per heavy atom. The lowest BCUT2D eigenvalue weighted by molar-refractivity contribution is 0.415. The smallest absolute Gasteiger partial charge is 0.0178 e. The number of hydrogen-bond acceptors (Lipinski definition) is 0. The van der Waals surface area contributed by atoms with Crippen molar-refractivity contribution >= 4 is 7.92 Å². The molecule has 13 heavy (non-hydrogen) atoms. The second-order valence-electron chi connectivity index (χ2n) is 5.28. The Morgan fingerprint density at radius 1 is 1.15 bits per heavy atom. The second kappa shape index (κ2) is 4.30. The summed E-state index contributed by atoms with van der Waals surface area (Å²) in [5.74, 6) is 2.09. The Labute approximate surface area is 84.2 Å². The minimum Gasteiger partial charge on any atom is -0.103 e. The van der Waals surface area contributed by atoms with Gasteiger partial charge in [0.15, 0.2) is 0 Å². The highest BCUT2D eigenvalue weighted by molar-refractivity contribution is 7.58. The predicted molar refractivity (Wildman–Crippen MR) is 61.9 cm³/mol. The molecule has 0 aliphatic carbocycles. The highest BCUT2D eigenvalue weighted by atomic mass is 31.1. The van der Waals surface area contributed by atoms with Crippen LogP contribution in [0.15, 0.2) is 0 Å². The van der Waals surface area contributed by atoms with Gasteiger partial charge in [0.2, 0.25) is 0 Å². The first kappa shape index (κ1) is 9.97. The first-order valence-electron chi connectivity index (χ1n) is 6.01. The summed E-state index contributed by atoms with van der Waals surface area (Å²) in [5.41, 5.74) is 1.18. The monoisotopic (exact) mass is 198 g/mol. The van der Waals surface area contributed by atoms with Crippen LogP contribution in [0.5, 0.6) is 0 Å². The van der Waals surface area contributed by atoms with Crippen molar-refractivity contribution in [1.82, 2.24) is 0 Å². The van der Waals surface area contributed by atoms with E-state index in [2.05, 4.69) is 13.8 Å². The van der Waals surface area contributed by atoms with Gasteiger partial charge in [0.1, 0.15) is 0 Å². The van der Waals surface area contributed by atoms with Gasteiger partial charge >= 0.3 is 0 Å². The zero-order valence-corrected chi connectivity index (χ0v) is 10.0. The average molecular weight is 198 g/mol. The SMILES string of the molecule is CC(C)C[C@H]1[C@H]2CCCCP1CC2. The number of hydrogen-bond donors (Lipinski definition) is 0. The van der Waals surface area contributed by atoms with Gasteiger partial charge in [-0.15, -0.1) is 7.92 Å². The van der Waals surface area contributed by atoms with Crippen molar-refractivity contribution < 1.29 is 0 Å². The van der Waals surface area contributed by atoms with Crippen LogP contribution in [0.2, 0.25) is 0 Å². The van der Waals surface area contributed by atoms with Gasteiger partial charge in [0.05, 0.1) is 0 Å². The maximum atomic E-state index is 2.40. The van der Waals surface area contributed by atoms with Crippen LogP contribution in [0.3, 0.4) is 0 Å². The minimum absolute atomic E-state index is 0.482. The highest BCUT2D eigenvalue weighted by Gasteiger charge is 2.36. The quantitative estimate of drug-likeness (QED) is 0.586. The number of rotatable bonds is 2. The summed E-state index contributed by atoms with van der Waals surface area (Å²) >= 11 is 0. The Kier molecular flexibility index (Phi) is 3.30. The van der Waals surface area contributed by atoms with Crippen molar-refractivity contribution in [2.24, 2.45) is 11.8 Å². The van der Waals surface area contributed by atoms with E-state index in [0.717, 1.165) is 11.8 Å². The maximum absolute atomic E-state index is 2.40. The van der Waals surface area contributed by atoms with Crippen LogP contribution in [0, 0.1) is 11.8 Å². The standard InChI is InChI=1S/C12H23P/c1-10(2)9-12-11-5-3-4-7-13(12)8-6-11/h10-12H,3-9H2,1-2H3/t11-,12-,13?/m0/s1. The molecule has 0 amide bonds. The van der Waals surface area contributed by atoms with Crippen molar-refractivity contribution in [1.29, 1.82) is 0 Å². The fourth-order valence-electron chi connectivity index (χ4n) is 3.15. The van der Waals surface area contributed by atoms with Crippen LogP contribution < -0.4 is 0 Å². The van der Waals surface area contributed by atoms with Crippen molar-refractivity contribution in [2.45, 2.75) is 51.6 Å². The minimum atomic E-state index is 0.482. The normalized spacial score (nSPS) is 39.5. The van der Waals surface area contributed by atoms with E-state index in [4.69, 9.17) is 0 Å². The molecule has 2 aliphatic rings. The molecule has 0 aromatic rings. The first-order chi connectivity index (χ1) is 6.27. The molecule has 2 rings (SSSR count). The topological polar surface area (TPSA) is 0 Å². The summed E-state index contributed by atoms with van der Waals surface area (Å²) in [6, 6.07) is 0. The van der Waals surface area contributed by atoms with Crippen LogP contribution in [0.4, 0.5) is 0 Å². The molecule has 2 heterocycles. The molecule has 2 aliphatic heterocycles. The summed E-state index contributed by atoms with van der Waals surface area (Å²) in [6.07, 6.45) is 11.0. The zero-order chi connectivity index (χ0) is 9.26. The molecule has 3 atom stereocenters. The summed E-state index contributed by atoms with van der Waals surface area (Å²) in [4.78, 5) is 0. The Balaban J connectivity index is 1.99. The van der Waals surface area contributed by atoms with Crippen molar-refractivity contribution in [3.63, 3.8) is 0 Å². The second-order valence-corrected chi connectivity index (χ2v) is 8.01. The van der Waals surface area contributed by atoms with E-state index in [-0.39, 0.29) is 0 Å². The third-order valence-electron chi connectivity index (χ3n) is 3.78. The molecule has 0 N–H and O–H groups in total. The average Bonchev–Trinajstić information content (AvgIpc) is 2.24. The van der Waals surface area contributed by atoms with Crippen LogP contribution in [0.25, 0.3) is 0 Å². The molecule has 76 valence electrons. The van der Waals surface area contributed by atoms with Gasteiger partial charge in [0.25, 0.3) is 0 Å². The molecule has 0 radical (unpaired) electrons. The van der Waals surface area contributed by atoms with Crippen LogP contribution in [-0.2, 0) is 0 Å². The molecule has 1 heteroatoms. The van der Waals surface area contributed by atoms with Crippen molar-refractivity contribution in [2.75, 3.05) is 12.3 Å². The largest absolute Gasteiger partial charge is 0.103 e. The fraction of sp³-hybridized carbons (Fsp3) is 1.00.